The number of carbonyl (C=O) groups is 1. The van der Waals surface area contributed by atoms with Gasteiger partial charge >= 0.3 is 6.09 Å². The summed E-state index contributed by atoms with van der Waals surface area (Å²) in [6.07, 6.45) is -0.218. The molecule has 0 radical (unpaired) electrons. The molecule has 0 saturated carbocycles. The third-order valence-corrected chi connectivity index (χ3v) is 1.77. The van der Waals surface area contributed by atoms with Gasteiger partial charge in [0, 0.05) is 6.07 Å². The van der Waals surface area contributed by atoms with Crippen LogP contribution < -0.4 is 16.4 Å². The summed E-state index contributed by atoms with van der Waals surface area (Å²) in [4.78, 5) is 21.4. The van der Waals surface area contributed by atoms with E-state index in [0.29, 0.717) is 0 Å². The number of hydrogen-bond acceptors (Lipinski definition) is 6. The van der Waals surface area contributed by atoms with Crippen LogP contribution in [0.2, 0.25) is 0 Å². The smallest absolute Gasteiger partial charge is 0.433 e. The summed E-state index contributed by atoms with van der Waals surface area (Å²) in [5.74, 6) is 4.31. The predicted molar refractivity (Wildman–Crippen MR) is 60.3 cm³/mol. The minimum absolute atomic E-state index is 0.139. The SMILES string of the molecule is NOCCOc1cnc(C(N)=NC(=O)O)c(O)c1. The first-order chi connectivity index (χ1) is 8.54. The summed E-state index contributed by atoms with van der Waals surface area (Å²) < 4.78 is 5.12. The van der Waals surface area contributed by atoms with Crippen LogP contribution in [0.15, 0.2) is 17.3 Å². The molecule has 0 aromatic carbocycles. The molecule has 0 aliphatic heterocycles. The highest BCUT2D eigenvalue weighted by molar-refractivity contribution is 6.02. The summed E-state index contributed by atoms with van der Waals surface area (Å²) in [7, 11) is 0. The van der Waals surface area contributed by atoms with Crippen molar-refractivity contribution in [1.29, 1.82) is 0 Å². The molecule has 1 amide bonds. The Labute approximate surface area is 102 Å². The Morgan fingerprint density at radius 2 is 2.22 bits per heavy atom. The minimum atomic E-state index is -1.48. The van der Waals surface area contributed by atoms with E-state index in [9.17, 15) is 9.90 Å². The number of amidine groups is 1. The van der Waals surface area contributed by atoms with E-state index >= 15 is 0 Å². The molecule has 6 N–H and O–H groups in total. The number of aromatic nitrogens is 1. The fourth-order valence-electron chi connectivity index (χ4n) is 1.07. The molecule has 1 aromatic rings. The van der Waals surface area contributed by atoms with Crippen molar-refractivity contribution in [3.63, 3.8) is 0 Å². The van der Waals surface area contributed by atoms with Crippen molar-refractivity contribution in [3.05, 3.63) is 18.0 Å². The molecule has 9 heteroatoms. The predicted octanol–water partition coefficient (Wildman–Crippen LogP) is -0.560. The lowest BCUT2D eigenvalue weighted by Crippen LogP contribution is -2.17. The van der Waals surface area contributed by atoms with Gasteiger partial charge in [0.2, 0.25) is 0 Å². The van der Waals surface area contributed by atoms with Gasteiger partial charge in [0.1, 0.15) is 30.4 Å². The highest BCUT2D eigenvalue weighted by atomic mass is 16.6. The molecular weight excluding hydrogens is 244 g/mol. The maximum absolute atomic E-state index is 10.3. The molecule has 1 aromatic heterocycles. The van der Waals surface area contributed by atoms with E-state index in [4.69, 9.17) is 21.5 Å². The van der Waals surface area contributed by atoms with E-state index in [1.165, 1.54) is 12.3 Å². The number of aliphatic imine (C=N–C) groups is 1. The summed E-state index contributed by atoms with van der Waals surface area (Å²) in [5, 5.41) is 18.0. The van der Waals surface area contributed by atoms with E-state index in [1.54, 1.807) is 0 Å². The average molecular weight is 256 g/mol. The molecule has 0 saturated heterocycles. The summed E-state index contributed by atoms with van der Waals surface area (Å²) in [6, 6.07) is 1.23. The van der Waals surface area contributed by atoms with Gasteiger partial charge < -0.3 is 25.5 Å². The lowest BCUT2D eigenvalue weighted by atomic mass is 10.3. The molecule has 98 valence electrons. The Morgan fingerprint density at radius 1 is 1.50 bits per heavy atom. The van der Waals surface area contributed by atoms with Crippen LogP contribution in [0, 0.1) is 0 Å². The monoisotopic (exact) mass is 256 g/mol. The number of ether oxygens (including phenoxy) is 1. The standard InChI is InChI=1S/C9H12N4O5/c10-8(13-9(15)16)7-6(14)3-5(4-12-7)17-1-2-18-11/h3-4,14H,1-2,11H2,(H2,10,13)(H,15,16). The van der Waals surface area contributed by atoms with Crippen LogP contribution in [0.25, 0.3) is 0 Å². The Balaban J connectivity index is 2.82. The normalized spacial score (nSPS) is 11.3. The third-order valence-electron chi connectivity index (χ3n) is 1.77. The van der Waals surface area contributed by atoms with Gasteiger partial charge in [0.15, 0.2) is 5.84 Å². The van der Waals surface area contributed by atoms with Gasteiger partial charge in [0.05, 0.1) is 6.20 Å². The number of pyridine rings is 1. The molecule has 9 nitrogen and oxygen atoms in total. The van der Waals surface area contributed by atoms with Gasteiger partial charge in [-0.3, -0.25) is 0 Å². The van der Waals surface area contributed by atoms with Gasteiger partial charge in [-0.2, -0.15) is 4.99 Å². The van der Waals surface area contributed by atoms with Crippen molar-refractivity contribution >= 4 is 11.9 Å². The molecule has 0 atom stereocenters. The van der Waals surface area contributed by atoms with E-state index in [2.05, 4.69) is 14.8 Å². The van der Waals surface area contributed by atoms with E-state index in [-0.39, 0.29) is 30.4 Å². The zero-order valence-corrected chi connectivity index (χ0v) is 9.24. The summed E-state index contributed by atoms with van der Waals surface area (Å²) >= 11 is 0. The molecule has 1 heterocycles. The van der Waals surface area contributed by atoms with Crippen LogP contribution in [-0.4, -0.2) is 40.3 Å². The lowest BCUT2D eigenvalue weighted by Gasteiger charge is -2.07. The Morgan fingerprint density at radius 3 is 2.78 bits per heavy atom. The number of aromatic hydroxyl groups is 1. The third kappa shape index (κ3) is 3.88. The van der Waals surface area contributed by atoms with Crippen molar-refractivity contribution in [2.24, 2.45) is 16.6 Å². The first kappa shape index (κ1) is 13.7. The zero-order chi connectivity index (χ0) is 13.5. The van der Waals surface area contributed by atoms with E-state index < -0.39 is 11.9 Å². The first-order valence-electron chi connectivity index (χ1n) is 4.75. The molecule has 0 fully saturated rings. The van der Waals surface area contributed by atoms with Crippen LogP contribution >= 0.6 is 0 Å². The van der Waals surface area contributed by atoms with E-state index in [1.807, 2.05) is 0 Å². The quantitative estimate of drug-likeness (QED) is 0.236. The topological polar surface area (TPSA) is 153 Å². The Bertz CT molecular complexity index is 462. The van der Waals surface area contributed by atoms with Crippen LogP contribution in [0.1, 0.15) is 5.69 Å². The van der Waals surface area contributed by atoms with Crippen LogP contribution in [-0.2, 0) is 4.84 Å². The number of nitrogens with zero attached hydrogens (tertiary/aromatic N) is 2. The van der Waals surface area contributed by atoms with Gasteiger partial charge in [-0.05, 0) is 0 Å². The van der Waals surface area contributed by atoms with Gasteiger partial charge in [0.25, 0.3) is 0 Å². The van der Waals surface area contributed by atoms with Crippen molar-refractivity contribution in [3.8, 4) is 11.5 Å². The minimum Gasteiger partial charge on any atom is -0.505 e. The molecule has 0 spiro atoms. The molecule has 0 bridgehead atoms. The second-order valence-corrected chi connectivity index (χ2v) is 3.04. The molecular formula is C9H12N4O5. The molecule has 1 rings (SSSR count). The Hall–Kier alpha value is -2.39. The maximum atomic E-state index is 10.3. The number of carboxylic acid groups (broad SMARTS) is 1. The number of hydrogen-bond donors (Lipinski definition) is 4. The van der Waals surface area contributed by atoms with Gasteiger partial charge in [-0.25, -0.2) is 15.7 Å². The molecule has 0 aliphatic carbocycles. The summed E-state index contributed by atoms with van der Waals surface area (Å²) in [5.41, 5.74) is 5.20. The van der Waals surface area contributed by atoms with Gasteiger partial charge in [-0.15, -0.1) is 0 Å². The average Bonchev–Trinajstić information content (AvgIpc) is 2.28. The maximum Gasteiger partial charge on any atom is 0.433 e. The second-order valence-electron chi connectivity index (χ2n) is 3.04. The van der Waals surface area contributed by atoms with Crippen LogP contribution in [0.5, 0.6) is 11.5 Å². The fourth-order valence-corrected chi connectivity index (χ4v) is 1.07. The largest absolute Gasteiger partial charge is 0.505 e. The highest BCUT2D eigenvalue weighted by Gasteiger charge is 2.10. The molecule has 0 unspecified atom stereocenters. The van der Waals surface area contributed by atoms with Crippen LogP contribution in [0.4, 0.5) is 4.79 Å². The molecule has 18 heavy (non-hydrogen) atoms. The summed E-state index contributed by atoms with van der Waals surface area (Å²) in [6.45, 7) is 0.348. The zero-order valence-electron chi connectivity index (χ0n) is 9.24. The molecule has 0 aliphatic rings. The second kappa shape index (κ2) is 6.37. The Kier molecular flexibility index (Phi) is 4.84. The first-order valence-corrected chi connectivity index (χ1v) is 4.75. The number of amides is 1. The van der Waals surface area contributed by atoms with E-state index in [0.717, 1.165) is 0 Å². The van der Waals surface area contributed by atoms with Gasteiger partial charge in [-0.1, -0.05) is 0 Å². The van der Waals surface area contributed by atoms with Crippen molar-refractivity contribution in [2.75, 3.05) is 13.2 Å². The fraction of sp³-hybridized carbons (Fsp3) is 0.222. The number of rotatable bonds is 5. The van der Waals surface area contributed by atoms with Crippen molar-refractivity contribution in [1.82, 2.24) is 4.98 Å². The lowest BCUT2D eigenvalue weighted by molar-refractivity contribution is 0.102. The van der Waals surface area contributed by atoms with Crippen molar-refractivity contribution < 1.29 is 24.6 Å². The van der Waals surface area contributed by atoms with Crippen molar-refractivity contribution in [2.45, 2.75) is 0 Å². The van der Waals surface area contributed by atoms with Crippen LogP contribution in [0.3, 0.4) is 0 Å². The number of nitrogens with two attached hydrogens (primary N) is 2. The highest BCUT2D eigenvalue weighted by Crippen LogP contribution is 2.20.